The van der Waals surface area contributed by atoms with E-state index in [1.54, 1.807) is 13.8 Å². The van der Waals surface area contributed by atoms with Crippen molar-refractivity contribution < 1.29 is 21.6 Å². The molecule has 0 aliphatic carbocycles. The van der Waals surface area contributed by atoms with E-state index in [9.17, 15) is 21.6 Å². The first-order chi connectivity index (χ1) is 9.34. The Hall–Kier alpha value is -1.12. The highest BCUT2D eigenvalue weighted by Gasteiger charge is 2.25. The van der Waals surface area contributed by atoms with E-state index in [0.29, 0.717) is 16.8 Å². The standard InChI is InChI=1S/C12H16ClNO5S2/c1-7-5-10(21(13,18)19)6-8(2)11(7)14-12(15)9(3)20(4,16)17/h5-6,9H,1-4H3,(H,14,15). The second-order valence-corrected chi connectivity index (χ2v) is 9.76. The highest BCUT2D eigenvalue weighted by atomic mass is 35.7. The van der Waals surface area contributed by atoms with Crippen LogP contribution in [0.25, 0.3) is 0 Å². The Morgan fingerprint density at radius 3 is 1.90 bits per heavy atom. The van der Waals surface area contributed by atoms with Gasteiger partial charge in [-0.3, -0.25) is 4.79 Å². The van der Waals surface area contributed by atoms with Crippen LogP contribution in [0.4, 0.5) is 5.69 Å². The normalized spacial score (nSPS) is 13.8. The lowest BCUT2D eigenvalue weighted by atomic mass is 10.1. The molecule has 1 rings (SSSR count). The van der Waals surface area contributed by atoms with E-state index < -0.39 is 30.0 Å². The Balaban J connectivity index is 3.20. The van der Waals surface area contributed by atoms with E-state index in [0.717, 1.165) is 6.26 Å². The average Bonchev–Trinajstić information content (AvgIpc) is 2.29. The molecular weight excluding hydrogens is 338 g/mol. The number of sulfone groups is 1. The smallest absolute Gasteiger partial charge is 0.261 e. The maximum absolute atomic E-state index is 11.9. The minimum absolute atomic E-state index is 0.0756. The monoisotopic (exact) mass is 353 g/mol. The van der Waals surface area contributed by atoms with Crippen molar-refractivity contribution in [2.24, 2.45) is 0 Å². The quantitative estimate of drug-likeness (QED) is 0.829. The van der Waals surface area contributed by atoms with Gasteiger partial charge in [0.2, 0.25) is 5.91 Å². The zero-order valence-electron chi connectivity index (χ0n) is 12.0. The first-order valence-electron chi connectivity index (χ1n) is 5.89. The summed E-state index contributed by atoms with van der Waals surface area (Å²) < 4.78 is 45.3. The van der Waals surface area contributed by atoms with Crippen LogP contribution in [0.2, 0.25) is 0 Å². The largest absolute Gasteiger partial charge is 0.324 e. The van der Waals surface area contributed by atoms with Crippen molar-refractivity contribution in [3.05, 3.63) is 23.3 Å². The van der Waals surface area contributed by atoms with Gasteiger partial charge in [0, 0.05) is 22.6 Å². The van der Waals surface area contributed by atoms with Crippen molar-refractivity contribution in [1.82, 2.24) is 0 Å². The van der Waals surface area contributed by atoms with Gasteiger partial charge in [-0.2, -0.15) is 0 Å². The predicted octanol–water partition coefficient (Wildman–Crippen LogP) is 1.60. The molecule has 0 bridgehead atoms. The molecule has 0 aliphatic rings. The molecule has 0 aliphatic heterocycles. The second-order valence-electron chi connectivity index (χ2n) is 4.83. The molecule has 0 aromatic heterocycles. The van der Waals surface area contributed by atoms with Crippen molar-refractivity contribution >= 4 is 41.2 Å². The Morgan fingerprint density at radius 1 is 1.14 bits per heavy atom. The third kappa shape index (κ3) is 4.42. The van der Waals surface area contributed by atoms with Gasteiger partial charge in [-0.15, -0.1) is 0 Å². The Bertz CT molecular complexity index is 761. The van der Waals surface area contributed by atoms with Crippen molar-refractivity contribution in [1.29, 1.82) is 0 Å². The van der Waals surface area contributed by atoms with Crippen LogP contribution in [0.5, 0.6) is 0 Å². The molecule has 0 saturated carbocycles. The molecule has 1 amide bonds. The highest BCUT2D eigenvalue weighted by molar-refractivity contribution is 8.13. The minimum atomic E-state index is -3.87. The average molecular weight is 354 g/mol. The van der Waals surface area contributed by atoms with Crippen LogP contribution in [-0.4, -0.2) is 34.2 Å². The van der Waals surface area contributed by atoms with E-state index in [4.69, 9.17) is 10.7 Å². The molecule has 1 unspecified atom stereocenters. The molecule has 1 aromatic rings. The number of amides is 1. The minimum Gasteiger partial charge on any atom is -0.324 e. The molecule has 0 saturated heterocycles. The maximum Gasteiger partial charge on any atom is 0.261 e. The maximum atomic E-state index is 11.9. The third-order valence-electron chi connectivity index (χ3n) is 3.05. The van der Waals surface area contributed by atoms with Crippen molar-refractivity contribution in [2.45, 2.75) is 30.9 Å². The molecule has 0 fully saturated rings. The van der Waals surface area contributed by atoms with Crippen LogP contribution in [0.1, 0.15) is 18.1 Å². The fourth-order valence-corrected chi connectivity index (χ4v) is 3.03. The zero-order chi connectivity index (χ0) is 16.6. The van der Waals surface area contributed by atoms with Gasteiger partial charge in [-0.25, -0.2) is 16.8 Å². The van der Waals surface area contributed by atoms with Gasteiger partial charge >= 0.3 is 0 Å². The van der Waals surface area contributed by atoms with Crippen LogP contribution in [0.3, 0.4) is 0 Å². The summed E-state index contributed by atoms with van der Waals surface area (Å²) >= 11 is 0. The summed E-state index contributed by atoms with van der Waals surface area (Å²) in [6, 6.07) is 2.63. The summed E-state index contributed by atoms with van der Waals surface area (Å²) in [5.74, 6) is -0.676. The number of carbonyl (C=O) groups excluding carboxylic acids is 1. The first-order valence-corrected chi connectivity index (χ1v) is 10.2. The van der Waals surface area contributed by atoms with Gasteiger partial charge in [0.25, 0.3) is 9.05 Å². The van der Waals surface area contributed by atoms with E-state index in [1.807, 2.05) is 0 Å². The molecule has 0 heterocycles. The number of rotatable bonds is 4. The van der Waals surface area contributed by atoms with Crippen LogP contribution < -0.4 is 5.32 Å². The van der Waals surface area contributed by atoms with Crippen LogP contribution in [0, 0.1) is 13.8 Å². The summed E-state index contributed by atoms with van der Waals surface area (Å²) in [6.45, 7) is 4.48. The summed E-state index contributed by atoms with van der Waals surface area (Å²) in [4.78, 5) is 11.8. The number of anilines is 1. The number of hydrogen-bond donors (Lipinski definition) is 1. The number of hydrogen-bond acceptors (Lipinski definition) is 5. The molecular formula is C12H16ClNO5S2. The molecule has 9 heteroatoms. The van der Waals surface area contributed by atoms with Crippen LogP contribution >= 0.6 is 10.7 Å². The third-order valence-corrected chi connectivity index (χ3v) is 5.88. The van der Waals surface area contributed by atoms with Crippen molar-refractivity contribution in [3.63, 3.8) is 0 Å². The molecule has 118 valence electrons. The summed E-state index contributed by atoms with van der Waals surface area (Å²) in [5, 5.41) is 1.31. The molecule has 21 heavy (non-hydrogen) atoms. The molecule has 0 spiro atoms. The first kappa shape index (κ1) is 17.9. The van der Waals surface area contributed by atoms with Crippen molar-refractivity contribution in [3.8, 4) is 0 Å². The lowest BCUT2D eigenvalue weighted by Gasteiger charge is -2.15. The topological polar surface area (TPSA) is 97.4 Å². The Kier molecular flexibility index (Phi) is 5.07. The van der Waals surface area contributed by atoms with Gasteiger partial charge in [0.1, 0.15) is 5.25 Å². The van der Waals surface area contributed by atoms with E-state index in [1.165, 1.54) is 19.1 Å². The summed E-state index contributed by atoms with van der Waals surface area (Å²) in [6.07, 6.45) is 0.972. The fraction of sp³-hybridized carbons (Fsp3) is 0.417. The second kappa shape index (κ2) is 5.94. The summed E-state index contributed by atoms with van der Waals surface area (Å²) in [7, 11) is -2.10. The van der Waals surface area contributed by atoms with Crippen molar-refractivity contribution in [2.75, 3.05) is 11.6 Å². The Morgan fingerprint density at radius 2 is 1.57 bits per heavy atom. The lowest BCUT2D eigenvalue weighted by Crippen LogP contribution is -2.32. The van der Waals surface area contributed by atoms with Crippen LogP contribution in [-0.2, 0) is 23.7 Å². The van der Waals surface area contributed by atoms with Gasteiger partial charge < -0.3 is 5.32 Å². The summed E-state index contributed by atoms with van der Waals surface area (Å²) in [5.41, 5.74) is 1.33. The van der Waals surface area contributed by atoms with Gasteiger partial charge in [-0.1, -0.05) is 0 Å². The molecule has 1 aromatic carbocycles. The predicted molar refractivity (Wildman–Crippen MR) is 81.9 cm³/mol. The Labute approximate surface area is 128 Å². The highest BCUT2D eigenvalue weighted by Crippen LogP contribution is 2.26. The van der Waals surface area contributed by atoms with Gasteiger partial charge in [0.15, 0.2) is 9.84 Å². The van der Waals surface area contributed by atoms with E-state index in [2.05, 4.69) is 5.32 Å². The number of halogens is 1. The lowest BCUT2D eigenvalue weighted by molar-refractivity contribution is -0.115. The van der Waals surface area contributed by atoms with Gasteiger partial charge in [0.05, 0.1) is 4.90 Å². The molecule has 1 N–H and O–H groups in total. The van der Waals surface area contributed by atoms with Crippen LogP contribution in [0.15, 0.2) is 17.0 Å². The molecule has 0 radical (unpaired) electrons. The molecule has 1 atom stereocenters. The SMILES string of the molecule is Cc1cc(S(=O)(=O)Cl)cc(C)c1NC(=O)C(C)S(C)(=O)=O. The number of carbonyl (C=O) groups is 1. The number of nitrogens with one attached hydrogen (secondary N) is 1. The zero-order valence-corrected chi connectivity index (χ0v) is 14.4. The molecule has 6 nitrogen and oxygen atoms in total. The van der Waals surface area contributed by atoms with E-state index >= 15 is 0 Å². The number of aryl methyl sites for hydroxylation is 2. The number of benzene rings is 1. The van der Waals surface area contributed by atoms with E-state index in [-0.39, 0.29) is 4.90 Å². The van der Waals surface area contributed by atoms with Gasteiger partial charge in [-0.05, 0) is 44.0 Å². The fourth-order valence-electron chi connectivity index (χ4n) is 1.68.